The number of anilines is 3. The van der Waals surface area contributed by atoms with Crippen molar-refractivity contribution in [2.75, 3.05) is 48.0 Å². The van der Waals surface area contributed by atoms with Gasteiger partial charge in [-0.25, -0.2) is 18.7 Å². The number of thiophene rings is 1. The summed E-state index contributed by atoms with van der Waals surface area (Å²) in [5.41, 5.74) is 4.60. The number of para-hydroxylation sites is 1. The maximum Gasteiger partial charge on any atom is 0.259 e. The molecule has 0 unspecified atom stereocenters. The molecule has 10 nitrogen and oxygen atoms in total. The number of aryl methyl sites for hydroxylation is 1. The number of ether oxygens (including phenoxy) is 1. The van der Waals surface area contributed by atoms with E-state index in [1.807, 2.05) is 19.1 Å². The zero-order valence-corrected chi connectivity index (χ0v) is 29.0. The molecule has 9 rings (SSSR count). The molecule has 3 aliphatic heterocycles. The van der Waals surface area contributed by atoms with Crippen LogP contribution in [0.3, 0.4) is 0 Å². The van der Waals surface area contributed by atoms with Gasteiger partial charge in [-0.15, -0.1) is 11.3 Å². The average Bonchev–Trinajstić information content (AvgIpc) is 3.68. The molecular formula is C39H33F2N7O3S. The van der Waals surface area contributed by atoms with Crippen molar-refractivity contribution in [1.29, 1.82) is 0 Å². The second-order valence-electron chi connectivity index (χ2n) is 13.7. The number of halogens is 2. The van der Waals surface area contributed by atoms with Crippen LogP contribution in [0.1, 0.15) is 44.8 Å². The third-order valence-electron chi connectivity index (χ3n) is 10.3. The van der Waals surface area contributed by atoms with E-state index in [-0.39, 0.29) is 46.4 Å². The van der Waals surface area contributed by atoms with Gasteiger partial charge in [-0.05, 0) is 86.8 Å². The second-order valence-corrected chi connectivity index (χ2v) is 14.7. The molecular weight excluding hydrogens is 685 g/mol. The average molecular weight is 718 g/mol. The summed E-state index contributed by atoms with van der Waals surface area (Å²) < 4.78 is 36.0. The first-order valence-corrected chi connectivity index (χ1v) is 18.0. The topological polar surface area (TPSA) is 116 Å². The fourth-order valence-electron chi connectivity index (χ4n) is 7.51. The van der Waals surface area contributed by atoms with Gasteiger partial charge in [0.25, 0.3) is 11.8 Å². The monoisotopic (exact) mass is 717 g/mol. The third kappa shape index (κ3) is 5.51. The SMILES string of the molecule is Cc1ccc(C(=O)Nc2ccc(C(=O)N3CCc4c(sc(-c5nc6cccc(F)c6[nH]5)c4F)-c4ncccc43)cc2)c(N2CC3(CCOCC3)C2)n1. The molecule has 2 fully saturated rings. The van der Waals surface area contributed by atoms with Crippen LogP contribution >= 0.6 is 11.3 Å². The van der Waals surface area contributed by atoms with Gasteiger partial charge in [-0.1, -0.05) is 6.07 Å². The van der Waals surface area contributed by atoms with Crippen molar-refractivity contribution < 1.29 is 23.1 Å². The van der Waals surface area contributed by atoms with Crippen LogP contribution in [0.15, 0.2) is 72.9 Å². The van der Waals surface area contributed by atoms with Crippen molar-refractivity contribution in [3.8, 4) is 21.3 Å². The van der Waals surface area contributed by atoms with Crippen molar-refractivity contribution in [2.45, 2.75) is 26.2 Å². The normalized spacial score (nSPS) is 16.3. The first-order valence-electron chi connectivity index (χ1n) is 17.2. The summed E-state index contributed by atoms with van der Waals surface area (Å²) in [5, 5.41) is 2.98. The highest BCUT2D eigenvalue weighted by Gasteiger charge is 2.45. The van der Waals surface area contributed by atoms with E-state index >= 15 is 4.39 Å². The van der Waals surface area contributed by atoms with E-state index in [0.717, 1.165) is 44.8 Å². The lowest BCUT2D eigenvalue weighted by Crippen LogP contribution is -2.59. The van der Waals surface area contributed by atoms with Crippen molar-refractivity contribution in [3.63, 3.8) is 0 Å². The predicted octanol–water partition coefficient (Wildman–Crippen LogP) is 7.41. The van der Waals surface area contributed by atoms with Gasteiger partial charge in [-0.2, -0.15) is 0 Å². The number of carbonyl (C=O) groups is 2. The summed E-state index contributed by atoms with van der Waals surface area (Å²) in [6.07, 6.45) is 3.88. The van der Waals surface area contributed by atoms with Crippen molar-refractivity contribution in [2.24, 2.45) is 5.41 Å². The van der Waals surface area contributed by atoms with E-state index in [2.05, 4.69) is 25.2 Å². The molecule has 0 saturated carbocycles. The van der Waals surface area contributed by atoms with E-state index < -0.39 is 11.6 Å². The smallest absolute Gasteiger partial charge is 0.259 e. The predicted molar refractivity (Wildman–Crippen MR) is 196 cm³/mol. The summed E-state index contributed by atoms with van der Waals surface area (Å²) >= 11 is 1.18. The molecule has 0 radical (unpaired) electrons. The third-order valence-corrected chi connectivity index (χ3v) is 11.5. The van der Waals surface area contributed by atoms with Crippen LogP contribution in [-0.2, 0) is 11.2 Å². The van der Waals surface area contributed by atoms with Crippen molar-refractivity contribution >= 4 is 51.4 Å². The number of pyridine rings is 2. The Hall–Kier alpha value is -5.53. The minimum atomic E-state index is -0.463. The quantitative estimate of drug-likeness (QED) is 0.191. The zero-order valence-electron chi connectivity index (χ0n) is 28.2. The van der Waals surface area contributed by atoms with Gasteiger partial charge < -0.3 is 24.8 Å². The molecule has 2 saturated heterocycles. The Balaban J connectivity index is 0.940. The fourth-order valence-corrected chi connectivity index (χ4v) is 8.69. The molecule has 262 valence electrons. The molecule has 0 bridgehead atoms. The Kier molecular flexibility index (Phi) is 7.85. The van der Waals surface area contributed by atoms with Gasteiger partial charge in [0, 0.05) is 67.0 Å². The maximum absolute atomic E-state index is 16.1. The number of imidazole rings is 1. The van der Waals surface area contributed by atoms with Crippen LogP contribution in [0.25, 0.3) is 32.3 Å². The lowest BCUT2D eigenvalue weighted by atomic mass is 9.73. The minimum Gasteiger partial charge on any atom is -0.381 e. The fraction of sp³-hybridized carbons (Fsp3) is 0.256. The lowest BCUT2D eigenvalue weighted by molar-refractivity contribution is -0.000518. The van der Waals surface area contributed by atoms with Gasteiger partial charge in [0.05, 0.1) is 21.6 Å². The molecule has 2 amide bonds. The highest BCUT2D eigenvalue weighted by Crippen LogP contribution is 2.46. The largest absolute Gasteiger partial charge is 0.381 e. The Morgan fingerprint density at radius 2 is 1.77 bits per heavy atom. The van der Waals surface area contributed by atoms with Crippen molar-refractivity contribution in [1.82, 2.24) is 19.9 Å². The number of carbonyl (C=O) groups excluding carboxylic acids is 2. The zero-order chi connectivity index (χ0) is 35.6. The Morgan fingerprint density at radius 1 is 0.962 bits per heavy atom. The number of nitrogens with zero attached hydrogens (tertiary/aromatic N) is 5. The first-order chi connectivity index (χ1) is 25.3. The van der Waals surface area contributed by atoms with E-state index in [9.17, 15) is 14.0 Å². The van der Waals surface area contributed by atoms with Crippen LogP contribution in [-0.4, -0.2) is 64.6 Å². The van der Waals surface area contributed by atoms with Gasteiger partial charge in [0.15, 0.2) is 5.82 Å². The Morgan fingerprint density at radius 3 is 2.56 bits per heavy atom. The molecule has 7 heterocycles. The Bertz CT molecular complexity index is 2380. The summed E-state index contributed by atoms with van der Waals surface area (Å²) in [5.74, 6) is -0.558. The summed E-state index contributed by atoms with van der Waals surface area (Å²) in [4.78, 5) is 48.9. The number of fused-ring (bicyclic) bond motifs is 4. The summed E-state index contributed by atoms with van der Waals surface area (Å²) in [6.45, 7) is 5.36. The van der Waals surface area contributed by atoms with E-state index in [4.69, 9.17) is 9.72 Å². The van der Waals surface area contributed by atoms with E-state index in [1.54, 1.807) is 59.6 Å². The molecule has 2 N–H and O–H groups in total. The van der Waals surface area contributed by atoms with Gasteiger partial charge in [0.1, 0.15) is 33.5 Å². The van der Waals surface area contributed by atoms with Crippen LogP contribution in [0.2, 0.25) is 0 Å². The molecule has 3 aliphatic rings. The van der Waals surface area contributed by atoms with Gasteiger partial charge in [0.2, 0.25) is 0 Å². The number of H-pyrrole nitrogens is 1. The van der Waals surface area contributed by atoms with E-state index in [0.29, 0.717) is 50.0 Å². The number of amides is 2. The molecule has 0 aliphatic carbocycles. The molecule has 6 aromatic rings. The molecule has 13 heteroatoms. The summed E-state index contributed by atoms with van der Waals surface area (Å²) in [7, 11) is 0. The van der Waals surface area contributed by atoms with E-state index in [1.165, 1.54) is 17.4 Å². The number of nitrogens with one attached hydrogen (secondary N) is 2. The number of hydrogen-bond donors (Lipinski definition) is 2. The van der Waals surface area contributed by atoms with Crippen molar-refractivity contribution in [3.05, 3.63) is 107 Å². The molecule has 4 aromatic heterocycles. The highest BCUT2D eigenvalue weighted by molar-refractivity contribution is 7.19. The van der Waals surface area contributed by atoms with Gasteiger partial charge >= 0.3 is 0 Å². The number of hydrogen-bond acceptors (Lipinski definition) is 8. The molecule has 0 atom stereocenters. The molecule has 52 heavy (non-hydrogen) atoms. The number of aromatic amines is 1. The Labute approximate surface area is 301 Å². The molecule has 1 spiro atoms. The lowest BCUT2D eigenvalue weighted by Gasteiger charge is -2.53. The van der Waals surface area contributed by atoms with Crippen LogP contribution in [0.4, 0.5) is 26.0 Å². The van der Waals surface area contributed by atoms with Crippen LogP contribution in [0.5, 0.6) is 0 Å². The first kappa shape index (κ1) is 32.4. The van der Waals surface area contributed by atoms with Gasteiger partial charge in [-0.3, -0.25) is 14.6 Å². The number of rotatable bonds is 5. The highest BCUT2D eigenvalue weighted by atomic mass is 32.1. The van der Waals surface area contributed by atoms with Crippen LogP contribution < -0.4 is 15.1 Å². The number of benzene rings is 2. The van der Waals surface area contributed by atoms with Crippen LogP contribution in [0, 0.1) is 24.0 Å². The summed E-state index contributed by atoms with van der Waals surface area (Å²) in [6, 6.07) is 18.5. The minimum absolute atomic E-state index is 0.207. The number of aromatic nitrogens is 4. The molecule has 2 aromatic carbocycles. The second kappa shape index (κ2) is 12.6. The maximum atomic E-state index is 16.1. The standard InChI is InChI=1S/C39H33F2N7O3S/c1-22-7-12-26(36(43-22)47-20-39(21-47)14-18-51-19-15-39)37(49)44-24-10-8-23(9-11-24)38(50)48-17-13-25-30(41)34(52-33(25)32-29(48)6-3-16-42-32)35-45-28-5-2-4-27(40)31(28)46-35/h2-12,16H,13-15,17-21H2,1H3,(H,44,49)(H,45,46).